The van der Waals surface area contributed by atoms with Crippen LogP contribution in [-0.2, 0) is 16.1 Å². The monoisotopic (exact) mass is 346 g/mol. The molecule has 1 aliphatic heterocycles. The van der Waals surface area contributed by atoms with Gasteiger partial charge in [-0.3, -0.25) is 9.59 Å². The molecule has 3 rings (SSSR count). The van der Waals surface area contributed by atoms with E-state index in [2.05, 4.69) is 9.59 Å². The van der Waals surface area contributed by atoms with Gasteiger partial charge in [0.1, 0.15) is 5.75 Å². The molecule has 126 valence electrons. The van der Waals surface area contributed by atoms with E-state index in [4.69, 9.17) is 0 Å². The fourth-order valence-electron chi connectivity index (χ4n) is 2.78. The summed E-state index contributed by atoms with van der Waals surface area (Å²) < 4.78 is 3.87. The second kappa shape index (κ2) is 6.56. The highest BCUT2D eigenvalue weighted by Crippen LogP contribution is 2.28. The third-order valence-corrected chi connectivity index (χ3v) is 4.93. The number of hydrogen-bond donors (Lipinski definition) is 1. The molecule has 1 aliphatic rings. The van der Waals surface area contributed by atoms with Crippen LogP contribution in [-0.4, -0.2) is 45.0 Å². The summed E-state index contributed by atoms with van der Waals surface area (Å²) in [6.45, 7) is 2.63. The molecule has 2 aromatic rings. The Kier molecular flexibility index (Phi) is 4.48. The second-order valence-corrected chi connectivity index (χ2v) is 6.74. The molecule has 0 radical (unpaired) electrons. The first-order valence-electron chi connectivity index (χ1n) is 7.58. The summed E-state index contributed by atoms with van der Waals surface area (Å²) in [7, 11) is 1.73. The van der Waals surface area contributed by atoms with E-state index in [-0.39, 0.29) is 29.9 Å². The highest BCUT2D eigenvalue weighted by Gasteiger charge is 2.36. The quantitative estimate of drug-likeness (QED) is 0.908. The Morgan fingerprint density at radius 3 is 2.96 bits per heavy atom. The maximum atomic E-state index is 12.6. The lowest BCUT2D eigenvalue weighted by Gasteiger charge is -2.21. The van der Waals surface area contributed by atoms with Crippen LogP contribution in [0.5, 0.6) is 5.75 Å². The van der Waals surface area contributed by atoms with Crippen LogP contribution in [0, 0.1) is 12.8 Å². The molecule has 1 aromatic heterocycles. The molecule has 7 nitrogen and oxygen atoms in total. The SMILES string of the molecule is Cc1nnsc1CN(C)C(=O)C1CC(=O)N(c2cccc(O)c2)C1. The van der Waals surface area contributed by atoms with Gasteiger partial charge in [0.2, 0.25) is 11.8 Å². The summed E-state index contributed by atoms with van der Waals surface area (Å²) in [5.74, 6) is -0.465. The Hall–Kier alpha value is -2.48. The fourth-order valence-corrected chi connectivity index (χ4v) is 3.47. The van der Waals surface area contributed by atoms with Gasteiger partial charge in [-0.25, -0.2) is 0 Å². The lowest BCUT2D eigenvalue weighted by atomic mass is 10.1. The van der Waals surface area contributed by atoms with Crippen molar-refractivity contribution in [1.29, 1.82) is 0 Å². The summed E-state index contributed by atoms with van der Waals surface area (Å²) in [6.07, 6.45) is 0.179. The van der Waals surface area contributed by atoms with E-state index in [0.717, 1.165) is 10.6 Å². The van der Waals surface area contributed by atoms with Gasteiger partial charge in [-0.2, -0.15) is 0 Å². The maximum Gasteiger partial charge on any atom is 0.228 e. The second-order valence-electron chi connectivity index (χ2n) is 5.90. The number of hydrogen-bond acceptors (Lipinski definition) is 6. The van der Waals surface area contributed by atoms with Crippen molar-refractivity contribution >= 4 is 29.0 Å². The molecule has 2 amide bonds. The standard InChI is InChI=1S/C16H18N4O3S/c1-10-14(24-18-17-10)9-19(2)16(23)11-6-15(22)20(8-11)12-4-3-5-13(21)7-12/h3-5,7,11,21H,6,8-9H2,1-2H3. The Morgan fingerprint density at radius 2 is 2.29 bits per heavy atom. The molecule has 0 bridgehead atoms. The molecule has 24 heavy (non-hydrogen) atoms. The molecule has 1 N–H and O–H groups in total. The summed E-state index contributed by atoms with van der Waals surface area (Å²) in [4.78, 5) is 29.0. The minimum Gasteiger partial charge on any atom is -0.508 e. The van der Waals surface area contributed by atoms with Gasteiger partial charge in [0, 0.05) is 31.8 Å². The number of nitrogens with zero attached hydrogens (tertiary/aromatic N) is 4. The van der Waals surface area contributed by atoms with Crippen molar-refractivity contribution in [3.8, 4) is 5.75 Å². The van der Waals surface area contributed by atoms with Gasteiger partial charge in [-0.05, 0) is 30.6 Å². The third-order valence-electron chi connectivity index (χ3n) is 4.12. The molecule has 0 spiro atoms. The first kappa shape index (κ1) is 16.4. The van der Waals surface area contributed by atoms with Gasteiger partial charge in [-0.1, -0.05) is 10.6 Å². The first-order valence-corrected chi connectivity index (χ1v) is 8.35. The van der Waals surface area contributed by atoms with Crippen molar-refractivity contribution in [3.63, 3.8) is 0 Å². The normalized spacial score (nSPS) is 17.3. The lowest BCUT2D eigenvalue weighted by Crippen LogP contribution is -2.34. The number of anilines is 1. The summed E-state index contributed by atoms with van der Waals surface area (Å²) in [5, 5.41) is 13.5. The van der Waals surface area contributed by atoms with Gasteiger partial charge >= 0.3 is 0 Å². The molecular formula is C16H18N4O3S. The Bertz CT molecular complexity index is 776. The zero-order chi connectivity index (χ0) is 17.3. The van der Waals surface area contributed by atoms with E-state index in [1.54, 1.807) is 35.0 Å². The predicted molar refractivity (Wildman–Crippen MR) is 89.7 cm³/mol. The summed E-state index contributed by atoms with van der Waals surface area (Å²) in [5.41, 5.74) is 1.43. The average Bonchev–Trinajstić information content (AvgIpc) is 3.13. The van der Waals surface area contributed by atoms with Crippen LogP contribution in [0.1, 0.15) is 17.0 Å². The van der Waals surface area contributed by atoms with Crippen LogP contribution >= 0.6 is 11.5 Å². The Morgan fingerprint density at radius 1 is 1.50 bits per heavy atom. The van der Waals surface area contributed by atoms with Crippen molar-refractivity contribution in [1.82, 2.24) is 14.5 Å². The number of aromatic hydroxyl groups is 1. The van der Waals surface area contributed by atoms with Crippen LogP contribution in [0.4, 0.5) is 5.69 Å². The minimum atomic E-state index is -0.383. The third kappa shape index (κ3) is 3.23. The topological polar surface area (TPSA) is 86.6 Å². The van der Waals surface area contributed by atoms with Gasteiger partial charge in [0.05, 0.1) is 23.0 Å². The van der Waals surface area contributed by atoms with E-state index < -0.39 is 0 Å². The molecule has 1 saturated heterocycles. The van der Waals surface area contributed by atoms with E-state index in [9.17, 15) is 14.7 Å². The van der Waals surface area contributed by atoms with E-state index in [1.807, 2.05) is 6.92 Å². The molecule has 1 unspecified atom stereocenters. The van der Waals surface area contributed by atoms with Crippen LogP contribution in [0.15, 0.2) is 24.3 Å². The van der Waals surface area contributed by atoms with E-state index in [0.29, 0.717) is 18.8 Å². The van der Waals surface area contributed by atoms with E-state index >= 15 is 0 Å². The van der Waals surface area contributed by atoms with Crippen molar-refractivity contribution in [3.05, 3.63) is 34.8 Å². The average molecular weight is 346 g/mol. The van der Waals surface area contributed by atoms with Crippen molar-refractivity contribution in [2.45, 2.75) is 19.9 Å². The van der Waals surface area contributed by atoms with Crippen molar-refractivity contribution in [2.75, 3.05) is 18.5 Å². The predicted octanol–water partition coefficient (Wildman–Crippen LogP) is 1.56. The molecular weight excluding hydrogens is 328 g/mol. The number of carbonyl (C=O) groups excluding carboxylic acids is 2. The van der Waals surface area contributed by atoms with E-state index in [1.165, 1.54) is 17.6 Å². The largest absolute Gasteiger partial charge is 0.508 e. The molecule has 2 heterocycles. The lowest BCUT2D eigenvalue weighted by molar-refractivity contribution is -0.135. The van der Waals surface area contributed by atoms with Gasteiger partial charge < -0.3 is 14.9 Å². The smallest absolute Gasteiger partial charge is 0.228 e. The molecule has 1 atom stereocenters. The minimum absolute atomic E-state index is 0.0706. The van der Waals surface area contributed by atoms with Crippen LogP contribution in [0.3, 0.4) is 0 Å². The highest BCUT2D eigenvalue weighted by atomic mass is 32.1. The van der Waals surface area contributed by atoms with Gasteiger partial charge in [-0.15, -0.1) is 5.10 Å². The number of phenols is 1. The first-order chi connectivity index (χ1) is 11.5. The van der Waals surface area contributed by atoms with Crippen molar-refractivity contribution < 1.29 is 14.7 Å². The van der Waals surface area contributed by atoms with Crippen LogP contribution in [0.2, 0.25) is 0 Å². The Labute approximate surface area is 143 Å². The number of benzene rings is 1. The fraction of sp³-hybridized carbons (Fsp3) is 0.375. The Balaban J connectivity index is 1.68. The molecule has 1 aromatic carbocycles. The number of carbonyl (C=O) groups is 2. The molecule has 0 saturated carbocycles. The highest BCUT2D eigenvalue weighted by molar-refractivity contribution is 7.05. The zero-order valence-electron chi connectivity index (χ0n) is 13.5. The van der Waals surface area contributed by atoms with Crippen LogP contribution < -0.4 is 4.90 Å². The number of rotatable bonds is 4. The molecule has 0 aliphatic carbocycles. The summed E-state index contributed by atoms with van der Waals surface area (Å²) >= 11 is 1.28. The summed E-state index contributed by atoms with van der Waals surface area (Å²) in [6, 6.07) is 6.51. The van der Waals surface area contributed by atoms with Crippen molar-refractivity contribution in [2.24, 2.45) is 5.92 Å². The number of amides is 2. The molecule has 1 fully saturated rings. The number of aromatic nitrogens is 2. The number of phenolic OH excluding ortho intramolecular Hbond substituents is 1. The van der Waals surface area contributed by atoms with Gasteiger partial charge in [0.25, 0.3) is 0 Å². The number of aryl methyl sites for hydroxylation is 1. The van der Waals surface area contributed by atoms with Crippen LogP contribution in [0.25, 0.3) is 0 Å². The maximum absolute atomic E-state index is 12.6. The molecule has 8 heteroatoms. The zero-order valence-corrected chi connectivity index (χ0v) is 14.3. The van der Waals surface area contributed by atoms with Gasteiger partial charge in [0.15, 0.2) is 0 Å².